The molecular weight excluding hydrogens is 210 g/mol. The monoisotopic (exact) mass is 231 g/mol. The zero-order valence-corrected chi connectivity index (χ0v) is 11.2. The van der Waals surface area contributed by atoms with Gasteiger partial charge in [-0.1, -0.05) is 19.4 Å². The van der Waals surface area contributed by atoms with Crippen LogP contribution in [0.1, 0.15) is 36.7 Å². The van der Waals surface area contributed by atoms with Crippen molar-refractivity contribution >= 4 is 11.2 Å². The molecule has 17 heavy (non-hydrogen) atoms. The van der Waals surface area contributed by atoms with Crippen LogP contribution in [-0.4, -0.2) is 16.7 Å². The van der Waals surface area contributed by atoms with Gasteiger partial charge in [0.05, 0.1) is 16.9 Å². The minimum atomic E-state index is 1.05. The Balaban J connectivity index is 2.57. The van der Waals surface area contributed by atoms with Crippen LogP contribution in [0.4, 0.5) is 5.69 Å². The number of hydrogen-bond acceptors (Lipinski definition) is 2. The third-order valence-corrected chi connectivity index (χ3v) is 3.39. The maximum atomic E-state index is 4.74. The van der Waals surface area contributed by atoms with Crippen molar-refractivity contribution in [3.8, 4) is 0 Å². The normalized spacial score (nSPS) is 11.1. The molecule has 0 aliphatic carbocycles. The van der Waals surface area contributed by atoms with Gasteiger partial charge in [0.25, 0.3) is 0 Å². The number of pyridine rings is 1. The fourth-order valence-corrected chi connectivity index (χ4v) is 2.17. The average molecular weight is 231 g/mol. The molecule has 0 fully saturated rings. The SMILES string of the molecule is CCCCc1nn2c(C)c(C)ccc2c1NC. The van der Waals surface area contributed by atoms with E-state index in [0.717, 1.165) is 6.42 Å². The second kappa shape index (κ2) is 4.78. The molecule has 0 bridgehead atoms. The molecule has 3 heteroatoms. The van der Waals surface area contributed by atoms with E-state index in [2.05, 4.69) is 42.7 Å². The van der Waals surface area contributed by atoms with Gasteiger partial charge in [-0.2, -0.15) is 5.10 Å². The third-order valence-electron chi connectivity index (χ3n) is 3.39. The largest absolute Gasteiger partial charge is 0.385 e. The molecule has 0 saturated heterocycles. The number of nitrogens with one attached hydrogen (secondary N) is 1. The van der Waals surface area contributed by atoms with Crippen LogP contribution in [0.25, 0.3) is 5.52 Å². The van der Waals surface area contributed by atoms with Crippen molar-refractivity contribution < 1.29 is 0 Å². The molecule has 0 aliphatic rings. The van der Waals surface area contributed by atoms with Gasteiger partial charge in [0, 0.05) is 12.7 Å². The molecule has 0 amide bonds. The van der Waals surface area contributed by atoms with Crippen molar-refractivity contribution in [3.05, 3.63) is 29.1 Å². The highest BCUT2D eigenvalue weighted by Gasteiger charge is 2.12. The Bertz CT molecular complexity index is 526. The van der Waals surface area contributed by atoms with Gasteiger partial charge in [-0.3, -0.25) is 0 Å². The van der Waals surface area contributed by atoms with Gasteiger partial charge in [0.1, 0.15) is 0 Å². The zero-order valence-electron chi connectivity index (χ0n) is 11.2. The molecule has 0 saturated carbocycles. The van der Waals surface area contributed by atoms with Crippen molar-refractivity contribution in [3.63, 3.8) is 0 Å². The maximum Gasteiger partial charge on any atom is 0.0899 e. The predicted molar refractivity (Wildman–Crippen MR) is 72.8 cm³/mol. The molecular formula is C14H21N3. The van der Waals surface area contributed by atoms with Crippen LogP contribution in [0.2, 0.25) is 0 Å². The molecule has 0 radical (unpaired) electrons. The molecule has 1 N–H and O–H groups in total. The highest BCUT2D eigenvalue weighted by Crippen LogP contribution is 2.25. The van der Waals surface area contributed by atoms with Crippen LogP contribution in [-0.2, 0) is 6.42 Å². The first kappa shape index (κ1) is 12.0. The Morgan fingerprint density at radius 3 is 2.71 bits per heavy atom. The van der Waals surface area contributed by atoms with Crippen molar-refractivity contribution in [2.24, 2.45) is 0 Å². The van der Waals surface area contributed by atoms with Crippen LogP contribution in [0.15, 0.2) is 12.1 Å². The summed E-state index contributed by atoms with van der Waals surface area (Å²) in [4.78, 5) is 0. The van der Waals surface area contributed by atoms with Crippen molar-refractivity contribution in [1.82, 2.24) is 9.61 Å². The number of rotatable bonds is 4. The summed E-state index contributed by atoms with van der Waals surface area (Å²) in [5.74, 6) is 0. The Hall–Kier alpha value is -1.51. The summed E-state index contributed by atoms with van der Waals surface area (Å²) in [7, 11) is 1.97. The Kier molecular flexibility index (Phi) is 3.36. The number of hydrogen-bond donors (Lipinski definition) is 1. The smallest absolute Gasteiger partial charge is 0.0899 e. The summed E-state index contributed by atoms with van der Waals surface area (Å²) in [5.41, 5.74) is 6.05. The highest BCUT2D eigenvalue weighted by atomic mass is 15.2. The van der Waals surface area contributed by atoms with E-state index in [1.165, 1.54) is 41.0 Å². The van der Waals surface area contributed by atoms with Crippen LogP contribution in [0, 0.1) is 13.8 Å². The molecule has 0 unspecified atom stereocenters. The van der Waals surface area contributed by atoms with Gasteiger partial charge in [0.2, 0.25) is 0 Å². The highest BCUT2D eigenvalue weighted by molar-refractivity contribution is 5.75. The molecule has 2 rings (SSSR count). The third kappa shape index (κ3) is 2.02. The molecule has 0 aliphatic heterocycles. The predicted octanol–water partition coefficient (Wildman–Crippen LogP) is 3.34. The van der Waals surface area contributed by atoms with E-state index < -0.39 is 0 Å². The summed E-state index contributed by atoms with van der Waals surface area (Å²) < 4.78 is 2.06. The summed E-state index contributed by atoms with van der Waals surface area (Å²) in [6.07, 6.45) is 3.44. The summed E-state index contributed by atoms with van der Waals surface area (Å²) >= 11 is 0. The number of unbranched alkanes of at least 4 members (excludes halogenated alkanes) is 1. The number of anilines is 1. The molecule has 3 nitrogen and oxygen atoms in total. The minimum Gasteiger partial charge on any atom is -0.385 e. The van der Waals surface area contributed by atoms with Gasteiger partial charge in [0.15, 0.2) is 0 Å². The van der Waals surface area contributed by atoms with Crippen molar-refractivity contribution in [2.75, 3.05) is 12.4 Å². The van der Waals surface area contributed by atoms with E-state index in [4.69, 9.17) is 5.10 Å². The van der Waals surface area contributed by atoms with Gasteiger partial charge in [-0.25, -0.2) is 4.52 Å². The second-order valence-electron chi connectivity index (χ2n) is 4.57. The molecule has 0 spiro atoms. The number of aromatic nitrogens is 2. The summed E-state index contributed by atoms with van der Waals surface area (Å²) in [6, 6.07) is 4.31. The van der Waals surface area contributed by atoms with Gasteiger partial charge in [-0.05, 0) is 38.3 Å². The van der Waals surface area contributed by atoms with Gasteiger partial charge >= 0.3 is 0 Å². The lowest BCUT2D eigenvalue weighted by Gasteiger charge is -2.03. The number of fused-ring (bicyclic) bond motifs is 1. The van der Waals surface area contributed by atoms with Gasteiger partial charge in [-0.15, -0.1) is 0 Å². The Morgan fingerprint density at radius 2 is 2.06 bits per heavy atom. The summed E-state index contributed by atoms with van der Waals surface area (Å²) in [6.45, 7) is 6.46. The number of aryl methyl sites for hydroxylation is 3. The molecule has 92 valence electrons. The van der Waals surface area contributed by atoms with E-state index in [1.54, 1.807) is 0 Å². The maximum absolute atomic E-state index is 4.74. The zero-order chi connectivity index (χ0) is 12.4. The Morgan fingerprint density at radius 1 is 1.29 bits per heavy atom. The molecule has 2 aromatic rings. The second-order valence-corrected chi connectivity index (χ2v) is 4.57. The van der Waals surface area contributed by atoms with Gasteiger partial charge < -0.3 is 5.32 Å². The lowest BCUT2D eigenvalue weighted by Crippen LogP contribution is -1.96. The number of nitrogens with zero attached hydrogens (tertiary/aromatic N) is 2. The first-order valence-electron chi connectivity index (χ1n) is 6.34. The molecule has 2 aromatic heterocycles. The fourth-order valence-electron chi connectivity index (χ4n) is 2.17. The van der Waals surface area contributed by atoms with Crippen molar-refractivity contribution in [1.29, 1.82) is 0 Å². The van der Waals surface area contributed by atoms with E-state index in [0.29, 0.717) is 0 Å². The van der Waals surface area contributed by atoms with Crippen molar-refractivity contribution in [2.45, 2.75) is 40.0 Å². The first-order chi connectivity index (χ1) is 8.19. The van der Waals surface area contributed by atoms with Crippen LogP contribution in [0.5, 0.6) is 0 Å². The van der Waals surface area contributed by atoms with Crippen LogP contribution < -0.4 is 5.32 Å². The fraction of sp³-hybridized carbons (Fsp3) is 0.500. The lowest BCUT2D eigenvalue weighted by molar-refractivity contribution is 0.757. The average Bonchev–Trinajstić information content (AvgIpc) is 2.69. The topological polar surface area (TPSA) is 29.3 Å². The summed E-state index contributed by atoms with van der Waals surface area (Å²) in [5, 5.41) is 8.03. The minimum absolute atomic E-state index is 1.05. The van der Waals surface area contributed by atoms with Crippen LogP contribution in [0.3, 0.4) is 0 Å². The standard InChI is InChI=1S/C14H21N3/c1-5-6-7-12-14(15-4)13-9-8-10(2)11(3)17(13)16-12/h8-9,15H,5-7H2,1-4H3. The quantitative estimate of drug-likeness (QED) is 0.874. The first-order valence-corrected chi connectivity index (χ1v) is 6.34. The van der Waals surface area contributed by atoms with E-state index >= 15 is 0 Å². The Labute approximate surface area is 103 Å². The molecule has 0 aromatic carbocycles. The van der Waals surface area contributed by atoms with E-state index in [1.807, 2.05) is 7.05 Å². The molecule has 0 atom stereocenters. The lowest BCUT2D eigenvalue weighted by atomic mass is 10.1. The molecule has 2 heterocycles. The van der Waals surface area contributed by atoms with E-state index in [-0.39, 0.29) is 0 Å². The van der Waals surface area contributed by atoms with Crippen LogP contribution >= 0.6 is 0 Å². The van der Waals surface area contributed by atoms with E-state index in [9.17, 15) is 0 Å².